The lowest BCUT2D eigenvalue weighted by molar-refractivity contribution is -0.138. The molecule has 1 aliphatic heterocycles. The minimum Gasteiger partial charge on any atom is -0.343 e. The molecule has 2 aromatic rings. The van der Waals surface area contributed by atoms with Gasteiger partial charge in [0.1, 0.15) is 11.9 Å². The Morgan fingerprint density at radius 3 is 2.32 bits per heavy atom. The zero-order valence-electron chi connectivity index (χ0n) is 20.1. The van der Waals surface area contributed by atoms with Crippen LogP contribution in [-0.4, -0.2) is 48.9 Å². The molecule has 200 valence electrons. The Morgan fingerprint density at radius 2 is 1.78 bits per heavy atom. The first-order chi connectivity index (χ1) is 17.4. The largest absolute Gasteiger partial charge is 0.416 e. The molecule has 0 radical (unpaired) electrons. The number of halogens is 6. The van der Waals surface area contributed by atoms with E-state index in [9.17, 15) is 27.2 Å². The van der Waals surface area contributed by atoms with Crippen molar-refractivity contribution in [1.29, 1.82) is 0 Å². The van der Waals surface area contributed by atoms with Gasteiger partial charge < -0.3 is 15.5 Å². The lowest BCUT2D eigenvalue weighted by Crippen LogP contribution is -2.54. The Balaban J connectivity index is 1.58. The average molecular weight is 560 g/mol. The van der Waals surface area contributed by atoms with Gasteiger partial charge in [0.2, 0.25) is 11.8 Å². The Bertz CT molecular complexity index is 1180. The van der Waals surface area contributed by atoms with Crippen molar-refractivity contribution in [2.75, 3.05) is 20.1 Å². The SMILES string of the molecule is CNC1CCN(C(=O)[C@H](Cc2ccc(Cl)cc2Cl)NC(=O)C2(c3ccc(C(F)(F)F)cc3F)CC2)CC1. The highest BCUT2D eigenvalue weighted by atomic mass is 35.5. The molecule has 2 aromatic carbocycles. The molecule has 2 amide bonds. The van der Waals surface area contributed by atoms with E-state index >= 15 is 0 Å². The summed E-state index contributed by atoms with van der Waals surface area (Å²) in [5.41, 5.74) is -1.96. The van der Waals surface area contributed by atoms with Gasteiger partial charge in [-0.2, -0.15) is 13.2 Å². The van der Waals surface area contributed by atoms with E-state index in [0.717, 1.165) is 25.0 Å². The molecule has 5 nitrogen and oxygen atoms in total. The van der Waals surface area contributed by atoms with E-state index in [4.69, 9.17) is 23.2 Å². The highest BCUT2D eigenvalue weighted by molar-refractivity contribution is 6.35. The van der Waals surface area contributed by atoms with Crippen LogP contribution in [0.1, 0.15) is 42.4 Å². The summed E-state index contributed by atoms with van der Waals surface area (Å²) in [6, 6.07) is 6.34. The summed E-state index contributed by atoms with van der Waals surface area (Å²) in [5.74, 6) is -1.99. The van der Waals surface area contributed by atoms with Crippen LogP contribution in [-0.2, 0) is 27.6 Å². The van der Waals surface area contributed by atoms with E-state index < -0.39 is 34.9 Å². The molecular weight excluding hydrogens is 533 g/mol. The molecule has 1 atom stereocenters. The Morgan fingerprint density at radius 1 is 1.11 bits per heavy atom. The molecule has 1 saturated heterocycles. The standard InChI is InChI=1S/C26H27Cl2F4N3O2/c1-33-18-6-10-35(11-7-18)23(36)22(12-15-2-4-17(27)14-20(15)28)34-24(37)25(8-9-25)19-5-3-16(13-21(19)29)26(30,31)32/h2-5,13-14,18,22,33H,6-12H2,1H3,(H,34,37)/t22-/m0/s1. The van der Waals surface area contributed by atoms with E-state index in [0.29, 0.717) is 40.8 Å². The molecule has 11 heteroatoms. The van der Waals surface area contributed by atoms with Crippen molar-refractivity contribution in [1.82, 2.24) is 15.5 Å². The molecule has 1 aliphatic carbocycles. The number of nitrogens with one attached hydrogen (secondary N) is 2. The maximum absolute atomic E-state index is 14.8. The first-order valence-corrected chi connectivity index (χ1v) is 12.8. The molecule has 4 rings (SSSR count). The van der Waals surface area contributed by atoms with Crippen LogP contribution in [0.25, 0.3) is 0 Å². The fourth-order valence-electron chi connectivity index (χ4n) is 4.84. The van der Waals surface area contributed by atoms with Gasteiger partial charge in [0.15, 0.2) is 0 Å². The minimum absolute atomic E-state index is 0.0815. The van der Waals surface area contributed by atoms with Crippen molar-refractivity contribution in [3.05, 3.63) is 69.0 Å². The molecule has 1 heterocycles. The Hall–Kier alpha value is -2.36. The summed E-state index contributed by atoms with van der Waals surface area (Å²) in [6.07, 6.45) is -2.59. The Kier molecular flexibility index (Phi) is 8.07. The predicted octanol–water partition coefficient (Wildman–Crippen LogP) is 5.12. The Labute approximate surface area is 222 Å². The van der Waals surface area contributed by atoms with Crippen LogP contribution in [0.4, 0.5) is 17.6 Å². The number of benzene rings is 2. The molecule has 1 saturated carbocycles. The van der Waals surface area contributed by atoms with Gasteiger partial charge in [-0.15, -0.1) is 0 Å². The zero-order valence-corrected chi connectivity index (χ0v) is 21.6. The van der Waals surface area contributed by atoms with E-state index in [1.54, 1.807) is 23.1 Å². The van der Waals surface area contributed by atoms with Gasteiger partial charge in [0.05, 0.1) is 11.0 Å². The van der Waals surface area contributed by atoms with Crippen LogP contribution in [0.3, 0.4) is 0 Å². The lowest BCUT2D eigenvalue weighted by Gasteiger charge is -2.35. The molecule has 0 unspecified atom stereocenters. The van der Waals surface area contributed by atoms with Gasteiger partial charge >= 0.3 is 6.18 Å². The smallest absolute Gasteiger partial charge is 0.343 e. The highest BCUT2D eigenvalue weighted by Crippen LogP contribution is 2.50. The predicted molar refractivity (Wildman–Crippen MR) is 133 cm³/mol. The van der Waals surface area contributed by atoms with Gasteiger partial charge in [0.25, 0.3) is 0 Å². The topological polar surface area (TPSA) is 61.4 Å². The normalized spacial score (nSPS) is 18.4. The fourth-order valence-corrected chi connectivity index (χ4v) is 5.32. The number of amides is 2. The van der Waals surface area contributed by atoms with Crippen molar-refractivity contribution < 1.29 is 27.2 Å². The lowest BCUT2D eigenvalue weighted by atomic mass is 9.92. The maximum atomic E-state index is 14.8. The number of carbonyl (C=O) groups is 2. The summed E-state index contributed by atoms with van der Waals surface area (Å²) >= 11 is 12.3. The van der Waals surface area contributed by atoms with Crippen molar-refractivity contribution in [3.63, 3.8) is 0 Å². The summed E-state index contributed by atoms with van der Waals surface area (Å²) in [6.45, 7) is 1.01. The molecule has 0 spiro atoms. The first kappa shape index (κ1) is 27.7. The second-order valence-corrected chi connectivity index (χ2v) is 10.5. The molecule has 0 aromatic heterocycles. The number of alkyl halides is 3. The van der Waals surface area contributed by atoms with Crippen molar-refractivity contribution >= 4 is 35.0 Å². The number of nitrogens with zero attached hydrogens (tertiary/aromatic N) is 1. The summed E-state index contributed by atoms with van der Waals surface area (Å²) in [5, 5.41) is 6.73. The van der Waals surface area contributed by atoms with Crippen LogP contribution in [0.15, 0.2) is 36.4 Å². The van der Waals surface area contributed by atoms with Gasteiger partial charge in [-0.3, -0.25) is 9.59 Å². The van der Waals surface area contributed by atoms with Crippen molar-refractivity contribution in [2.24, 2.45) is 0 Å². The van der Waals surface area contributed by atoms with Crippen LogP contribution >= 0.6 is 23.2 Å². The van der Waals surface area contributed by atoms with E-state index in [-0.39, 0.29) is 30.7 Å². The second kappa shape index (κ2) is 10.8. The summed E-state index contributed by atoms with van der Waals surface area (Å²) in [4.78, 5) is 28.7. The number of hydrogen-bond donors (Lipinski definition) is 2. The van der Waals surface area contributed by atoms with Gasteiger partial charge in [-0.25, -0.2) is 4.39 Å². The molecular formula is C26H27Cl2F4N3O2. The summed E-state index contributed by atoms with van der Waals surface area (Å²) in [7, 11) is 1.86. The quantitative estimate of drug-likeness (QED) is 0.463. The first-order valence-electron chi connectivity index (χ1n) is 12.0. The number of rotatable bonds is 7. The second-order valence-electron chi connectivity index (χ2n) is 9.63. The monoisotopic (exact) mass is 559 g/mol. The zero-order chi connectivity index (χ0) is 27.0. The van der Waals surface area contributed by atoms with Gasteiger partial charge in [-0.1, -0.05) is 35.3 Å². The third-order valence-corrected chi connectivity index (χ3v) is 7.84. The molecule has 2 fully saturated rings. The number of hydrogen-bond acceptors (Lipinski definition) is 3. The average Bonchev–Trinajstić information content (AvgIpc) is 3.66. The van der Waals surface area contributed by atoms with Crippen LogP contribution < -0.4 is 10.6 Å². The van der Waals surface area contributed by atoms with E-state index in [1.165, 1.54) is 0 Å². The number of likely N-dealkylation sites (tertiary alicyclic amines) is 1. The van der Waals surface area contributed by atoms with Crippen molar-refractivity contribution in [3.8, 4) is 0 Å². The van der Waals surface area contributed by atoms with E-state index in [2.05, 4.69) is 10.6 Å². The highest BCUT2D eigenvalue weighted by Gasteiger charge is 2.54. The third-order valence-electron chi connectivity index (χ3n) is 7.25. The van der Waals surface area contributed by atoms with Crippen LogP contribution in [0.5, 0.6) is 0 Å². The van der Waals surface area contributed by atoms with Gasteiger partial charge in [0, 0.05) is 41.2 Å². The maximum Gasteiger partial charge on any atom is 0.416 e. The number of piperidine rings is 1. The molecule has 0 bridgehead atoms. The van der Waals surface area contributed by atoms with E-state index in [1.807, 2.05) is 7.05 Å². The third kappa shape index (κ3) is 6.04. The van der Waals surface area contributed by atoms with Gasteiger partial charge in [-0.05, 0) is 62.6 Å². The molecule has 37 heavy (non-hydrogen) atoms. The minimum atomic E-state index is -4.70. The summed E-state index contributed by atoms with van der Waals surface area (Å²) < 4.78 is 53.8. The van der Waals surface area contributed by atoms with Crippen LogP contribution in [0, 0.1) is 5.82 Å². The fraction of sp³-hybridized carbons (Fsp3) is 0.462. The van der Waals surface area contributed by atoms with Crippen molar-refractivity contribution in [2.45, 2.75) is 55.8 Å². The molecule has 2 aliphatic rings. The molecule has 2 N–H and O–H groups in total. The number of carbonyl (C=O) groups excluding carboxylic acids is 2. The van der Waals surface area contributed by atoms with Crippen LogP contribution in [0.2, 0.25) is 10.0 Å².